The number of carbonyl (C=O) groups excluding carboxylic acids is 1. The number of hydrogen-bond acceptors (Lipinski definition) is 2. The molecule has 1 heterocycles. The van der Waals surface area contributed by atoms with E-state index in [4.69, 9.17) is 5.73 Å². The zero-order chi connectivity index (χ0) is 12.6. The normalized spacial score (nSPS) is 19.8. The minimum Gasteiger partial charge on any atom is -0.337 e. The van der Waals surface area contributed by atoms with Crippen molar-refractivity contribution in [2.45, 2.75) is 12.5 Å². The molecule has 2 rings (SSSR count). The Bertz CT molecular complexity index is 441. The van der Waals surface area contributed by atoms with Gasteiger partial charge in [-0.25, -0.2) is 13.2 Å². The van der Waals surface area contributed by atoms with Crippen LogP contribution in [0.2, 0.25) is 0 Å². The second-order valence-electron chi connectivity index (χ2n) is 4.04. The third-order valence-electron chi connectivity index (χ3n) is 2.73. The van der Waals surface area contributed by atoms with E-state index in [1.54, 1.807) is 0 Å². The van der Waals surface area contributed by atoms with E-state index in [0.717, 1.165) is 0 Å². The molecule has 92 valence electrons. The van der Waals surface area contributed by atoms with Crippen molar-refractivity contribution in [3.63, 3.8) is 0 Å². The van der Waals surface area contributed by atoms with Gasteiger partial charge in [-0.1, -0.05) is 0 Å². The first kappa shape index (κ1) is 11.9. The van der Waals surface area contributed by atoms with Gasteiger partial charge in [-0.15, -0.1) is 0 Å². The molecule has 1 aromatic carbocycles. The second kappa shape index (κ2) is 4.37. The second-order valence-corrected chi connectivity index (χ2v) is 4.04. The molecular weight excluding hydrogens is 233 g/mol. The number of halogens is 3. The Morgan fingerprint density at radius 3 is 2.35 bits per heavy atom. The summed E-state index contributed by atoms with van der Waals surface area (Å²) in [5.74, 6) is -4.21. The molecule has 0 spiro atoms. The van der Waals surface area contributed by atoms with Crippen molar-refractivity contribution < 1.29 is 18.0 Å². The summed E-state index contributed by atoms with van der Waals surface area (Å²) >= 11 is 0. The summed E-state index contributed by atoms with van der Waals surface area (Å²) in [5.41, 5.74) is 4.88. The highest BCUT2D eigenvalue weighted by Gasteiger charge is 2.28. The Kier molecular flexibility index (Phi) is 3.06. The lowest BCUT2D eigenvalue weighted by molar-refractivity contribution is 0.0781. The molecule has 17 heavy (non-hydrogen) atoms. The molecule has 0 radical (unpaired) electrons. The Morgan fingerprint density at radius 1 is 1.29 bits per heavy atom. The third kappa shape index (κ3) is 2.26. The number of nitrogens with zero attached hydrogens (tertiary/aromatic N) is 1. The lowest BCUT2D eigenvalue weighted by Gasteiger charge is -2.16. The molecule has 6 heteroatoms. The fourth-order valence-corrected chi connectivity index (χ4v) is 1.88. The number of carbonyl (C=O) groups is 1. The van der Waals surface area contributed by atoms with Crippen LogP contribution in [0, 0.1) is 17.5 Å². The molecule has 1 saturated heterocycles. The van der Waals surface area contributed by atoms with Gasteiger partial charge in [-0.05, 0) is 6.42 Å². The first-order chi connectivity index (χ1) is 7.99. The van der Waals surface area contributed by atoms with Gasteiger partial charge < -0.3 is 10.6 Å². The van der Waals surface area contributed by atoms with E-state index in [9.17, 15) is 18.0 Å². The van der Waals surface area contributed by atoms with Crippen LogP contribution in [-0.4, -0.2) is 29.9 Å². The molecule has 1 aliphatic rings. The number of nitrogens with two attached hydrogens (primary N) is 1. The highest BCUT2D eigenvalue weighted by molar-refractivity contribution is 5.95. The van der Waals surface area contributed by atoms with E-state index < -0.39 is 28.9 Å². The van der Waals surface area contributed by atoms with Crippen LogP contribution in [0.1, 0.15) is 16.8 Å². The van der Waals surface area contributed by atoms with Gasteiger partial charge in [0.25, 0.3) is 5.91 Å². The average Bonchev–Trinajstić information content (AvgIpc) is 2.63. The van der Waals surface area contributed by atoms with Crippen LogP contribution in [0.25, 0.3) is 0 Å². The van der Waals surface area contributed by atoms with Crippen molar-refractivity contribution in [2.75, 3.05) is 13.1 Å². The monoisotopic (exact) mass is 244 g/mol. The Morgan fingerprint density at radius 2 is 1.88 bits per heavy atom. The molecule has 1 fully saturated rings. The first-order valence-electron chi connectivity index (χ1n) is 5.18. The summed E-state index contributed by atoms with van der Waals surface area (Å²) in [7, 11) is 0. The SMILES string of the molecule is NC1CCN(C(=O)c2c(F)cc(F)cc2F)C1. The molecule has 1 atom stereocenters. The number of likely N-dealkylation sites (tertiary alicyclic amines) is 1. The molecule has 0 aromatic heterocycles. The number of rotatable bonds is 1. The largest absolute Gasteiger partial charge is 0.337 e. The molecule has 1 aromatic rings. The van der Waals surface area contributed by atoms with Crippen LogP contribution in [0.3, 0.4) is 0 Å². The fraction of sp³-hybridized carbons (Fsp3) is 0.364. The third-order valence-corrected chi connectivity index (χ3v) is 2.73. The summed E-state index contributed by atoms with van der Waals surface area (Å²) in [5, 5.41) is 0. The summed E-state index contributed by atoms with van der Waals surface area (Å²) in [6, 6.07) is 0.809. The molecule has 1 unspecified atom stereocenters. The maximum atomic E-state index is 13.4. The van der Waals surface area contributed by atoms with Crippen molar-refractivity contribution >= 4 is 5.91 Å². The van der Waals surface area contributed by atoms with Crippen molar-refractivity contribution in [1.82, 2.24) is 4.90 Å². The lowest BCUT2D eigenvalue weighted by Crippen LogP contribution is -2.33. The highest BCUT2D eigenvalue weighted by atomic mass is 19.1. The lowest BCUT2D eigenvalue weighted by atomic mass is 10.1. The van der Waals surface area contributed by atoms with Gasteiger partial charge in [-0.3, -0.25) is 4.79 Å². The van der Waals surface area contributed by atoms with Crippen LogP contribution in [0.15, 0.2) is 12.1 Å². The number of amides is 1. The van der Waals surface area contributed by atoms with Crippen LogP contribution < -0.4 is 5.73 Å². The average molecular weight is 244 g/mol. The molecule has 2 N–H and O–H groups in total. The zero-order valence-electron chi connectivity index (χ0n) is 8.92. The van der Waals surface area contributed by atoms with Crippen molar-refractivity contribution in [1.29, 1.82) is 0 Å². The van der Waals surface area contributed by atoms with Gasteiger partial charge in [0.2, 0.25) is 0 Å². The topological polar surface area (TPSA) is 46.3 Å². The smallest absolute Gasteiger partial charge is 0.259 e. The van der Waals surface area contributed by atoms with Crippen LogP contribution in [-0.2, 0) is 0 Å². The predicted octanol–water partition coefficient (Wildman–Crippen LogP) is 1.28. The Labute approximate surface area is 96.0 Å². The predicted molar refractivity (Wildman–Crippen MR) is 54.8 cm³/mol. The Balaban J connectivity index is 2.31. The van der Waals surface area contributed by atoms with E-state index >= 15 is 0 Å². The molecule has 0 bridgehead atoms. The standard InChI is InChI=1S/C11H11F3N2O/c12-6-3-8(13)10(9(14)4-6)11(17)16-2-1-7(15)5-16/h3-4,7H,1-2,5,15H2. The van der Waals surface area contributed by atoms with Gasteiger partial charge in [0, 0.05) is 31.3 Å². The van der Waals surface area contributed by atoms with Crippen molar-refractivity contribution in [3.8, 4) is 0 Å². The molecule has 3 nitrogen and oxygen atoms in total. The summed E-state index contributed by atoms with van der Waals surface area (Å²) in [6.07, 6.45) is 0.593. The first-order valence-corrected chi connectivity index (χ1v) is 5.18. The maximum absolute atomic E-state index is 13.4. The quantitative estimate of drug-likeness (QED) is 0.808. The van der Waals surface area contributed by atoms with Crippen molar-refractivity contribution in [2.24, 2.45) is 5.73 Å². The van der Waals surface area contributed by atoms with E-state index in [0.29, 0.717) is 25.1 Å². The van der Waals surface area contributed by atoms with Gasteiger partial charge in [0.05, 0.1) is 0 Å². The maximum Gasteiger partial charge on any atom is 0.259 e. The van der Waals surface area contributed by atoms with Gasteiger partial charge in [0.1, 0.15) is 23.0 Å². The van der Waals surface area contributed by atoms with Gasteiger partial charge in [-0.2, -0.15) is 0 Å². The molecule has 1 aliphatic heterocycles. The van der Waals surface area contributed by atoms with Crippen molar-refractivity contribution in [3.05, 3.63) is 35.1 Å². The summed E-state index contributed by atoms with van der Waals surface area (Å²) in [4.78, 5) is 13.1. The molecule has 1 amide bonds. The minimum absolute atomic E-state index is 0.175. The minimum atomic E-state index is -1.19. The molecular formula is C11H11F3N2O. The van der Waals surface area contributed by atoms with E-state index in [-0.39, 0.29) is 12.6 Å². The molecule has 0 aliphatic carbocycles. The zero-order valence-corrected chi connectivity index (χ0v) is 8.92. The van der Waals surface area contributed by atoms with Crippen LogP contribution in [0.4, 0.5) is 13.2 Å². The number of benzene rings is 1. The van der Waals surface area contributed by atoms with Gasteiger partial charge in [0.15, 0.2) is 0 Å². The van der Waals surface area contributed by atoms with E-state index in [1.807, 2.05) is 0 Å². The van der Waals surface area contributed by atoms with Crippen LogP contribution >= 0.6 is 0 Å². The van der Waals surface area contributed by atoms with Gasteiger partial charge >= 0.3 is 0 Å². The van der Waals surface area contributed by atoms with E-state index in [1.165, 1.54) is 4.90 Å². The summed E-state index contributed by atoms with van der Waals surface area (Å²) in [6.45, 7) is 0.616. The summed E-state index contributed by atoms with van der Waals surface area (Å²) < 4.78 is 39.4. The van der Waals surface area contributed by atoms with Crippen LogP contribution in [0.5, 0.6) is 0 Å². The van der Waals surface area contributed by atoms with E-state index in [2.05, 4.69) is 0 Å². The Hall–Kier alpha value is -1.56. The molecule has 0 saturated carbocycles. The fourth-order valence-electron chi connectivity index (χ4n) is 1.88. The number of hydrogen-bond donors (Lipinski definition) is 1. The highest BCUT2D eigenvalue weighted by Crippen LogP contribution is 2.19.